The average molecular weight is 257 g/mol. The molecular formula is C9H9ClN4OS. The summed E-state index contributed by atoms with van der Waals surface area (Å²) in [6, 6.07) is 0. The van der Waals surface area contributed by atoms with Crippen LogP contribution in [0.5, 0.6) is 0 Å². The largest absolute Gasteiger partial charge is 0.376 e. The highest BCUT2D eigenvalue weighted by atomic mass is 35.5. The first-order valence-electron chi connectivity index (χ1n) is 4.55. The van der Waals surface area contributed by atoms with Crippen LogP contribution in [0.2, 0.25) is 5.02 Å². The Bertz CT molecular complexity index is 550. The number of H-pyrrole nitrogens is 1. The third-order valence-corrected chi connectivity index (χ3v) is 3.23. The Morgan fingerprint density at radius 2 is 2.44 bits per heavy atom. The topological polar surface area (TPSA) is 70.7 Å². The Hall–Kier alpha value is -1.40. The zero-order chi connectivity index (χ0) is 11.5. The van der Waals surface area contributed by atoms with E-state index in [0.29, 0.717) is 12.2 Å². The summed E-state index contributed by atoms with van der Waals surface area (Å²) < 4.78 is 0. The SMILES string of the molecule is Cc1csc(CNc2cn[nH]c(=O)c2Cl)n1. The quantitative estimate of drug-likeness (QED) is 0.879. The molecule has 0 bridgehead atoms. The van der Waals surface area contributed by atoms with Gasteiger partial charge in [0.25, 0.3) is 5.56 Å². The van der Waals surface area contributed by atoms with Gasteiger partial charge in [-0.05, 0) is 6.92 Å². The van der Waals surface area contributed by atoms with Crippen LogP contribution in [-0.4, -0.2) is 15.2 Å². The molecule has 0 aliphatic heterocycles. The van der Waals surface area contributed by atoms with E-state index < -0.39 is 5.56 Å². The van der Waals surface area contributed by atoms with Crippen molar-refractivity contribution in [3.63, 3.8) is 0 Å². The van der Waals surface area contributed by atoms with Gasteiger partial charge in [-0.15, -0.1) is 11.3 Å². The predicted molar refractivity (Wildman–Crippen MR) is 64.0 cm³/mol. The second-order valence-electron chi connectivity index (χ2n) is 3.16. The van der Waals surface area contributed by atoms with Crippen LogP contribution in [0.25, 0.3) is 0 Å². The molecule has 16 heavy (non-hydrogen) atoms. The summed E-state index contributed by atoms with van der Waals surface area (Å²) in [6.45, 7) is 2.46. The van der Waals surface area contributed by atoms with E-state index in [4.69, 9.17) is 11.6 Å². The maximum Gasteiger partial charge on any atom is 0.285 e. The highest BCUT2D eigenvalue weighted by Crippen LogP contribution is 2.16. The van der Waals surface area contributed by atoms with Crippen LogP contribution in [0.3, 0.4) is 0 Å². The Morgan fingerprint density at radius 1 is 1.62 bits per heavy atom. The summed E-state index contributed by atoms with van der Waals surface area (Å²) in [7, 11) is 0. The second-order valence-corrected chi connectivity index (χ2v) is 4.48. The molecule has 0 atom stereocenters. The summed E-state index contributed by atoms with van der Waals surface area (Å²) in [6.07, 6.45) is 1.48. The minimum atomic E-state index is -0.401. The molecule has 0 radical (unpaired) electrons. The first-order chi connectivity index (χ1) is 7.66. The van der Waals surface area contributed by atoms with Gasteiger partial charge in [0.15, 0.2) is 0 Å². The van der Waals surface area contributed by atoms with Gasteiger partial charge in [0.05, 0.1) is 18.4 Å². The fraction of sp³-hybridized carbons (Fsp3) is 0.222. The minimum absolute atomic E-state index is 0.114. The molecule has 0 amide bonds. The summed E-state index contributed by atoms with van der Waals surface area (Å²) in [5.41, 5.74) is 1.09. The third kappa shape index (κ3) is 2.40. The third-order valence-electron chi connectivity index (χ3n) is 1.89. The lowest BCUT2D eigenvalue weighted by Gasteiger charge is -2.04. The predicted octanol–water partition coefficient (Wildman–Crippen LogP) is 1.80. The molecule has 0 aliphatic carbocycles. The molecule has 7 heteroatoms. The molecule has 5 nitrogen and oxygen atoms in total. The Balaban J connectivity index is 2.10. The average Bonchev–Trinajstić information content (AvgIpc) is 2.67. The standard InChI is InChI=1S/C9H9ClN4OS/c1-5-4-16-7(13-5)3-11-6-2-12-14-9(15)8(6)10/h2,4H,3H2,1H3,(H2,11,14,15). The molecule has 2 aromatic rings. The Labute approximate surface area is 101 Å². The first kappa shape index (κ1) is 11.1. The molecule has 0 fully saturated rings. The molecule has 2 aromatic heterocycles. The minimum Gasteiger partial charge on any atom is -0.376 e. The van der Waals surface area contributed by atoms with Gasteiger partial charge in [0.2, 0.25) is 0 Å². The lowest BCUT2D eigenvalue weighted by molar-refractivity contribution is 0.978. The number of rotatable bonds is 3. The van der Waals surface area contributed by atoms with Crippen molar-refractivity contribution in [2.24, 2.45) is 0 Å². The van der Waals surface area contributed by atoms with Crippen molar-refractivity contribution in [3.05, 3.63) is 37.7 Å². The number of aromatic nitrogens is 3. The van der Waals surface area contributed by atoms with E-state index in [0.717, 1.165) is 10.7 Å². The van der Waals surface area contributed by atoms with E-state index in [1.54, 1.807) is 11.3 Å². The van der Waals surface area contributed by atoms with E-state index in [9.17, 15) is 4.79 Å². The molecule has 0 saturated heterocycles. The number of nitrogens with one attached hydrogen (secondary N) is 2. The number of hydrogen-bond acceptors (Lipinski definition) is 5. The van der Waals surface area contributed by atoms with E-state index in [1.165, 1.54) is 6.20 Å². The van der Waals surface area contributed by atoms with E-state index in [-0.39, 0.29) is 5.02 Å². The van der Waals surface area contributed by atoms with Gasteiger partial charge < -0.3 is 5.32 Å². The highest BCUT2D eigenvalue weighted by molar-refractivity contribution is 7.09. The molecule has 2 N–H and O–H groups in total. The number of thiazole rings is 1. The van der Waals surface area contributed by atoms with Crippen molar-refractivity contribution in [2.45, 2.75) is 13.5 Å². The molecule has 84 valence electrons. The molecular weight excluding hydrogens is 248 g/mol. The number of aromatic amines is 1. The maximum atomic E-state index is 11.2. The number of hydrogen-bond donors (Lipinski definition) is 2. The summed E-state index contributed by atoms with van der Waals surface area (Å²) in [4.78, 5) is 15.4. The van der Waals surface area contributed by atoms with Crippen LogP contribution < -0.4 is 10.9 Å². The summed E-state index contributed by atoms with van der Waals surface area (Å²) in [5, 5.41) is 11.9. The molecule has 2 rings (SSSR count). The van der Waals surface area contributed by atoms with Crippen molar-refractivity contribution in [1.29, 1.82) is 0 Å². The van der Waals surface area contributed by atoms with Gasteiger partial charge in [-0.2, -0.15) is 5.10 Å². The fourth-order valence-corrected chi connectivity index (χ4v) is 2.03. The van der Waals surface area contributed by atoms with Crippen LogP contribution >= 0.6 is 22.9 Å². The zero-order valence-corrected chi connectivity index (χ0v) is 10.0. The molecule has 0 unspecified atom stereocenters. The van der Waals surface area contributed by atoms with Gasteiger partial charge >= 0.3 is 0 Å². The van der Waals surface area contributed by atoms with Crippen molar-refractivity contribution >= 4 is 28.6 Å². The lowest BCUT2D eigenvalue weighted by Crippen LogP contribution is -2.11. The van der Waals surface area contributed by atoms with E-state index in [1.807, 2.05) is 12.3 Å². The maximum absolute atomic E-state index is 11.2. The van der Waals surface area contributed by atoms with E-state index >= 15 is 0 Å². The molecule has 0 aliphatic rings. The normalized spacial score (nSPS) is 10.4. The highest BCUT2D eigenvalue weighted by Gasteiger charge is 2.05. The van der Waals surface area contributed by atoms with Crippen LogP contribution in [0, 0.1) is 6.92 Å². The van der Waals surface area contributed by atoms with Crippen molar-refractivity contribution in [2.75, 3.05) is 5.32 Å². The Morgan fingerprint density at radius 3 is 3.12 bits per heavy atom. The lowest BCUT2D eigenvalue weighted by atomic mass is 10.4. The first-order valence-corrected chi connectivity index (χ1v) is 5.80. The van der Waals surface area contributed by atoms with Crippen LogP contribution in [0.4, 0.5) is 5.69 Å². The molecule has 0 aromatic carbocycles. The second kappa shape index (κ2) is 4.63. The number of anilines is 1. The zero-order valence-electron chi connectivity index (χ0n) is 8.45. The van der Waals surface area contributed by atoms with Crippen LogP contribution in [0.1, 0.15) is 10.7 Å². The molecule has 0 saturated carbocycles. The van der Waals surface area contributed by atoms with Gasteiger partial charge in [-0.25, -0.2) is 10.1 Å². The van der Waals surface area contributed by atoms with Gasteiger partial charge in [-0.1, -0.05) is 11.6 Å². The number of nitrogens with zero attached hydrogens (tertiary/aromatic N) is 2. The van der Waals surface area contributed by atoms with Gasteiger partial charge in [-0.3, -0.25) is 4.79 Å². The van der Waals surface area contributed by atoms with Crippen LogP contribution in [-0.2, 0) is 6.54 Å². The number of aryl methyl sites for hydroxylation is 1. The van der Waals surface area contributed by atoms with Crippen molar-refractivity contribution in [1.82, 2.24) is 15.2 Å². The smallest absolute Gasteiger partial charge is 0.285 e. The van der Waals surface area contributed by atoms with Crippen molar-refractivity contribution < 1.29 is 0 Å². The van der Waals surface area contributed by atoms with Gasteiger partial charge in [0.1, 0.15) is 10.0 Å². The van der Waals surface area contributed by atoms with Crippen molar-refractivity contribution in [3.8, 4) is 0 Å². The monoisotopic (exact) mass is 256 g/mol. The van der Waals surface area contributed by atoms with Crippen LogP contribution in [0.15, 0.2) is 16.4 Å². The van der Waals surface area contributed by atoms with Gasteiger partial charge in [0, 0.05) is 11.1 Å². The Kier molecular flexibility index (Phi) is 3.21. The fourth-order valence-electron chi connectivity index (χ4n) is 1.16. The summed E-state index contributed by atoms with van der Waals surface area (Å²) >= 11 is 7.36. The molecule has 2 heterocycles. The van der Waals surface area contributed by atoms with E-state index in [2.05, 4.69) is 20.5 Å². The summed E-state index contributed by atoms with van der Waals surface area (Å²) in [5.74, 6) is 0. The molecule has 0 spiro atoms. The number of halogens is 1.